The van der Waals surface area contributed by atoms with Gasteiger partial charge in [-0.3, -0.25) is 14.4 Å². The van der Waals surface area contributed by atoms with Crippen LogP contribution in [0, 0.1) is 0 Å². The summed E-state index contributed by atoms with van der Waals surface area (Å²) in [5.41, 5.74) is 6.41. The molecule has 0 radical (unpaired) electrons. The van der Waals surface area contributed by atoms with Crippen molar-refractivity contribution < 1.29 is 19.1 Å². The van der Waals surface area contributed by atoms with E-state index in [2.05, 4.69) is 5.32 Å². The van der Waals surface area contributed by atoms with Gasteiger partial charge in [-0.1, -0.05) is 23.7 Å². The maximum Gasteiger partial charge on any atom is 0.265 e. The molecular weight excluding hydrogens is 358 g/mol. The van der Waals surface area contributed by atoms with Crippen molar-refractivity contribution in [2.24, 2.45) is 5.73 Å². The summed E-state index contributed by atoms with van der Waals surface area (Å²) in [5, 5.41) is 2.88. The summed E-state index contributed by atoms with van der Waals surface area (Å²) < 4.78 is 5.37. The number of halogens is 1. The van der Waals surface area contributed by atoms with Crippen molar-refractivity contribution in [3.63, 3.8) is 0 Å². The largest absolute Gasteiger partial charge is 0.482 e. The normalized spacial score (nSPS) is 13.0. The van der Waals surface area contributed by atoms with E-state index in [0.717, 1.165) is 0 Å². The molecule has 0 spiro atoms. The summed E-state index contributed by atoms with van der Waals surface area (Å²) in [7, 11) is 0. The zero-order valence-electron chi connectivity index (χ0n) is 13.7. The third kappa shape index (κ3) is 3.78. The van der Waals surface area contributed by atoms with E-state index in [0.29, 0.717) is 17.1 Å². The maximum absolute atomic E-state index is 12.2. The number of benzene rings is 2. The Morgan fingerprint density at radius 2 is 2.00 bits per heavy atom. The second-order valence-electron chi connectivity index (χ2n) is 5.66. The number of nitrogens with zero attached hydrogens (tertiary/aromatic N) is 1. The van der Waals surface area contributed by atoms with Crippen LogP contribution in [0.25, 0.3) is 0 Å². The Labute approximate surface area is 154 Å². The van der Waals surface area contributed by atoms with Crippen LogP contribution in [0.2, 0.25) is 5.02 Å². The first-order valence-electron chi connectivity index (χ1n) is 7.87. The number of nitrogens with one attached hydrogen (secondary N) is 1. The van der Waals surface area contributed by atoms with Crippen molar-refractivity contribution >= 4 is 40.7 Å². The van der Waals surface area contributed by atoms with Crippen LogP contribution in [0.3, 0.4) is 0 Å². The minimum Gasteiger partial charge on any atom is -0.482 e. The molecule has 3 amide bonds. The molecule has 3 N–H and O–H groups in total. The number of para-hydroxylation sites is 2. The number of carbonyl (C=O) groups is 3. The summed E-state index contributed by atoms with van der Waals surface area (Å²) >= 11 is 5.88. The Morgan fingerprint density at radius 3 is 2.77 bits per heavy atom. The first kappa shape index (κ1) is 17.8. The van der Waals surface area contributed by atoms with Crippen LogP contribution in [-0.4, -0.2) is 30.9 Å². The smallest absolute Gasteiger partial charge is 0.265 e. The number of anilines is 2. The molecule has 0 aliphatic carbocycles. The first-order valence-corrected chi connectivity index (χ1v) is 8.25. The highest BCUT2D eigenvalue weighted by atomic mass is 35.5. The molecule has 3 rings (SSSR count). The summed E-state index contributed by atoms with van der Waals surface area (Å²) in [5.74, 6) is -0.587. The van der Waals surface area contributed by atoms with Gasteiger partial charge in [0, 0.05) is 18.7 Å². The zero-order valence-corrected chi connectivity index (χ0v) is 14.5. The number of hydrogen-bond donors (Lipinski definition) is 2. The molecule has 0 saturated heterocycles. The van der Waals surface area contributed by atoms with Gasteiger partial charge in [0.1, 0.15) is 5.75 Å². The average Bonchev–Trinajstić information content (AvgIpc) is 2.62. The van der Waals surface area contributed by atoms with Crippen LogP contribution >= 0.6 is 11.6 Å². The summed E-state index contributed by atoms with van der Waals surface area (Å²) in [6.07, 6.45) is 0.0780. The van der Waals surface area contributed by atoms with Crippen molar-refractivity contribution in [2.45, 2.75) is 6.42 Å². The molecule has 1 aliphatic rings. The van der Waals surface area contributed by atoms with Gasteiger partial charge in [-0.05, 0) is 30.3 Å². The SMILES string of the molecule is NC(=O)c1cc(NC(=O)CCN2C(=O)COc3ccccc32)ccc1Cl. The van der Waals surface area contributed by atoms with Crippen molar-refractivity contribution in [1.82, 2.24) is 0 Å². The lowest BCUT2D eigenvalue weighted by atomic mass is 10.2. The van der Waals surface area contributed by atoms with E-state index in [9.17, 15) is 14.4 Å². The molecule has 0 unspecified atom stereocenters. The molecule has 0 saturated carbocycles. The lowest BCUT2D eigenvalue weighted by Crippen LogP contribution is -2.40. The van der Waals surface area contributed by atoms with Gasteiger partial charge in [-0.2, -0.15) is 0 Å². The molecule has 7 nitrogen and oxygen atoms in total. The molecule has 2 aromatic carbocycles. The Balaban J connectivity index is 1.66. The quantitative estimate of drug-likeness (QED) is 0.838. The van der Waals surface area contributed by atoms with E-state index >= 15 is 0 Å². The van der Waals surface area contributed by atoms with Gasteiger partial charge in [0.25, 0.3) is 5.91 Å². The fraction of sp³-hybridized carbons (Fsp3) is 0.167. The third-order valence-corrected chi connectivity index (χ3v) is 4.22. The number of hydrogen-bond acceptors (Lipinski definition) is 4. The topological polar surface area (TPSA) is 102 Å². The number of ether oxygens (including phenoxy) is 1. The summed E-state index contributed by atoms with van der Waals surface area (Å²) in [6.45, 7) is 0.152. The fourth-order valence-corrected chi connectivity index (χ4v) is 2.84. The number of rotatable bonds is 5. The van der Waals surface area contributed by atoms with Crippen molar-refractivity contribution in [3.05, 3.63) is 53.1 Å². The third-order valence-electron chi connectivity index (χ3n) is 3.89. The van der Waals surface area contributed by atoms with Crippen LogP contribution in [-0.2, 0) is 9.59 Å². The number of amides is 3. The fourth-order valence-electron chi connectivity index (χ4n) is 2.63. The van der Waals surface area contributed by atoms with E-state index in [-0.39, 0.29) is 42.0 Å². The zero-order chi connectivity index (χ0) is 18.7. The predicted molar refractivity (Wildman–Crippen MR) is 97.5 cm³/mol. The molecule has 134 valence electrons. The van der Waals surface area contributed by atoms with Crippen LogP contribution in [0.15, 0.2) is 42.5 Å². The van der Waals surface area contributed by atoms with Gasteiger partial charge in [-0.15, -0.1) is 0 Å². The second-order valence-corrected chi connectivity index (χ2v) is 6.07. The Morgan fingerprint density at radius 1 is 1.23 bits per heavy atom. The number of nitrogens with two attached hydrogens (primary N) is 1. The van der Waals surface area contributed by atoms with E-state index in [1.807, 2.05) is 6.07 Å². The number of fused-ring (bicyclic) bond motifs is 1. The van der Waals surface area contributed by atoms with Crippen molar-refractivity contribution in [1.29, 1.82) is 0 Å². The molecular formula is C18H16ClN3O4. The number of primary amides is 1. The molecule has 0 fully saturated rings. The molecule has 2 aromatic rings. The van der Waals surface area contributed by atoms with Crippen LogP contribution < -0.4 is 20.7 Å². The standard InChI is InChI=1S/C18H16ClN3O4/c19-13-6-5-11(9-12(13)18(20)25)21-16(23)7-8-22-14-3-1-2-4-15(14)26-10-17(22)24/h1-6,9H,7-8,10H2,(H2,20,25)(H,21,23). The minimum absolute atomic E-state index is 0.0577. The van der Waals surface area contributed by atoms with Gasteiger partial charge in [0.05, 0.1) is 16.3 Å². The summed E-state index contributed by atoms with van der Waals surface area (Å²) in [4.78, 5) is 37.1. The molecule has 0 bridgehead atoms. The van der Waals surface area contributed by atoms with E-state index in [4.69, 9.17) is 22.1 Å². The lowest BCUT2D eigenvalue weighted by molar-refractivity contribution is -0.121. The van der Waals surface area contributed by atoms with Gasteiger partial charge in [0.2, 0.25) is 11.8 Å². The van der Waals surface area contributed by atoms with E-state index < -0.39 is 5.91 Å². The summed E-state index contributed by atoms with van der Waals surface area (Å²) in [6, 6.07) is 11.6. The molecule has 1 aliphatic heterocycles. The Hall–Kier alpha value is -3.06. The second kappa shape index (κ2) is 7.45. The molecule has 1 heterocycles. The van der Waals surface area contributed by atoms with E-state index in [1.54, 1.807) is 24.3 Å². The van der Waals surface area contributed by atoms with Crippen LogP contribution in [0.4, 0.5) is 11.4 Å². The predicted octanol–water partition coefficient (Wildman–Crippen LogP) is 2.19. The highest BCUT2D eigenvalue weighted by Gasteiger charge is 2.25. The van der Waals surface area contributed by atoms with Gasteiger partial charge >= 0.3 is 0 Å². The van der Waals surface area contributed by atoms with Crippen LogP contribution in [0.1, 0.15) is 16.8 Å². The Kier molecular flexibility index (Phi) is 5.09. The van der Waals surface area contributed by atoms with E-state index in [1.165, 1.54) is 17.0 Å². The minimum atomic E-state index is -0.679. The van der Waals surface area contributed by atoms with Gasteiger partial charge in [-0.25, -0.2) is 0 Å². The molecule has 26 heavy (non-hydrogen) atoms. The first-order chi connectivity index (χ1) is 12.5. The van der Waals surface area contributed by atoms with Gasteiger partial charge < -0.3 is 20.7 Å². The Bertz CT molecular complexity index is 884. The van der Waals surface area contributed by atoms with Crippen LogP contribution in [0.5, 0.6) is 5.75 Å². The maximum atomic E-state index is 12.2. The highest BCUT2D eigenvalue weighted by molar-refractivity contribution is 6.34. The lowest BCUT2D eigenvalue weighted by Gasteiger charge is -2.29. The number of carbonyl (C=O) groups excluding carboxylic acids is 3. The van der Waals surface area contributed by atoms with Crippen molar-refractivity contribution in [3.8, 4) is 5.75 Å². The average molecular weight is 374 g/mol. The molecule has 0 atom stereocenters. The monoisotopic (exact) mass is 373 g/mol. The molecule has 8 heteroatoms. The van der Waals surface area contributed by atoms with Gasteiger partial charge in [0.15, 0.2) is 6.61 Å². The van der Waals surface area contributed by atoms with Crippen molar-refractivity contribution in [2.75, 3.05) is 23.4 Å². The highest BCUT2D eigenvalue weighted by Crippen LogP contribution is 2.31. The molecule has 0 aromatic heterocycles.